The maximum atomic E-state index is 13.0. The summed E-state index contributed by atoms with van der Waals surface area (Å²) in [6.45, 7) is -1.34. The number of hydrogen-bond donors (Lipinski definition) is 1. The maximum absolute atomic E-state index is 13.0. The number of benzene rings is 1. The number of carbonyl (C=O) groups excluding carboxylic acids is 1. The van der Waals surface area contributed by atoms with E-state index in [1.165, 1.54) is 36.3 Å². The predicted octanol–water partition coefficient (Wildman–Crippen LogP) is 2.68. The number of aliphatic imine (C=N–C) groups is 1. The highest BCUT2D eigenvalue weighted by Crippen LogP contribution is 2.41. The number of nitrogens with two attached hydrogens (primary N) is 1. The molecule has 26 heavy (non-hydrogen) atoms. The van der Waals surface area contributed by atoms with E-state index in [0.29, 0.717) is 16.7 Å². The summed E-state index contributed by atoms with van der Waals surface area (Å²) in [6, 6.07) is 7.58. The molecule has 1 unspecified atom stereocenters. The molecule has 2 N–H and O–H groups in total. The van der Waals surface area contributed by atoms with Crippen molar-refractivity contribution < 1.29 is 18.3 Å². The van der Waals surface area contributed by atoms with Crippen molar-refractivity contribution in [3.63, 3.8) is 0 Å². The zero-order valence-electron chi connectivity index (χ0n) is 13.9. The lowest BCUT2D eigenvalue weighted by molar-refractivity contribution is -0.129. The van der Waals surface area contributed by atoms with E-state index >= 15 is 0 Å². The van der Waals surface area contributed by atoms with Crippen LogP contribution in [0.4, 0.5) is 8.78 Å². The first kappa shape index (κ1) is 18.1. The van der Waals surface area contributed by atoms with E-state index in [4.69, 9.17) is 17.3 Å². The molecular weight excluding hydrogens is 366 g/mol. The number of hydrogen-bond acceptors (Lipinski definition) is 5. The number of nitrogens with zero attached hydrogens (tertiary/aromatic N) is 3. The summed E-state index contributed by atoms with van der Waals surface area (Å²) in [5.41, 5.74) is 5.75. The lowest BCUT2D eigenvalue weighted by Gasteiger charge is -2.26. The smallest absolute Gasteiger partial charge is 0.387 e. The maximum Gasteiger partial charge on any atom is 0.387 e. The highest BCUT2D eigenvalue weighted by Gasteiger charge is 2.49. The van der Waals surface area contributed by atoms with Crippen LogP contribution in [0.3, 0.4) is 0 Å². The van der Waals surface area contributed by atoms with Gasteiger partial charge in [-0.3, -0.25) is 9.69 Å². The highest BCUT2D eigenvalue weighted by molar-refractivity contribution is 6.29. The first-order chi connectivity index (χ1) is 12.3. The molecule has 2 aromatic rings. The first-order valence-corrected chi connectivity index (χ1v) is 7.95. The second kappa shape index (κ2) is 6.53. The van der Waals surface area contributed by atoms with Crippen LogP contribution in [0, 0.1) is 6.92 Å². The van der Waals surface area contributed by atoms with Gasteiger partial charge in [-0.2, -0.15) is 8.78 Å². The van der Waals surface area contributed by atoms with Crippen molar-refractivity contribution in [2.75, 3.05) is 7.05 Å². The summed E-state index contributed by atoms with van der Waals surface area (Å²) in [5.74, 6) is -0.338. The molecule has 136 valence electrons. The van der Waals surface area contributed by atoms with Crippen molar-refractivity contribution in [2.24, 2.45) is 10.7 Å². The quantitative estimate of drug-likeness (QED) is 0.827. The number of rotatable bonds is 4. The molecule has 3 rings (SSSR count). The third-order valence-corrected chi connectivity index (χ3v) is 4.40. The summed E-state index contributed by atoms with van der Waals surface area (Å²) in [4.78, 5) is 22.6. The minimum atomic E-state index is -2.94. The van der Waals surface area contributed by atoms with Crippen LogP contribution in [0.15, 0.2) is 41.5 Å². The summed E-state index contributed by atoms with van der Waals surface area (Å²) in [7, 11) is 1.51. The van der Waals surface area contributed by atoms with Gasteiger partial charge in [0.2, 0.25) is 0 Å². The fraction of sp³-hybridized carbons (Fsp3) is 0.235. The minimum absolute atomic E-state index is 0.0161. The molecule has 1 amide bonds. The van der Waals surface area contributed by atoms with E-state index in [9.17, 15) is 13.6 Å². The predicted molar refractivity (Wildman–Crippen MR) is 92.2 cm³/mol. The van der Waals surface area contributed by atoms with Crippen LogP contribution in [0.25, 0.3) is 0 Å². The minimum Gasteiger partial charge on any atom is -0.435 e. The van der Waals surface area contributed by atoms with Crippen LogP contribution in [0.5, 0.6) is 5.75 Å². The second-order valence-corrected chi connectivity index (χ2v) is 6.16. The standard InChI is InChI=1S/C17H15ClF2N4O2/c1-9-7-10(3-4-12(9)26-15(19)20)17(11-5-6-22-13(18)8-11)14(25)24(2)16(21)23-17/h3-8,15H,1-2H3,(H2,21,23). The summed E-state index contributed by atoms with van der Waals surface area (Å²) >= 11 is 5.99. The molecular formula is C17H15ClF2N4O2. The lowest BCUT2D eigenvalue weighted by Crippen LogP contribution is -2.41. The van der Waals surface area contributed by atoms with Gasteiger partial charge >= 0.3 is 6.61 Å². The Morgan fingerprint density at radius 2 is 1.96 bits per heavy atom. The Morgan fingerprint density at radius 1 is 1.27 bits per heavy atom. The van der Waals surface area contributed by atoms with Gasteiger partial charge in [-0.1, -0.05) is 17.7 Å². The van der Waals surface area contributed by atoms with Gasteiger partial charge in [-0.15, -0.1) is 0 Å². The summed E-state index contributed by atoms with van der Waals surface area (Å²) in [5, 5.41) is 0.187. The highest BCUT2D eigenvalue weighted by atomic mass is 35.5. The molecule has 1 aliphatic rings. The van der Waals surface area contributed by atoms with Gasteiger partial charge in [0.15, 0.2) is 11.5 Å². The molecule has 0 bridgehead atoms. The van der Waals surface area contributed by atoms with Crippen molar-refractivity contribution in [3.05, 3.63) is 58.4 Å². The molecule has 0 saturated heterocycles. The van der Waals surface area contributed by atoms with Crippen LogP contribution in [-0.2, 0) is 10.3 Å². The molecule has 1 aromatic heterocycles. The zero-order valence-corrected chi connectivity index (χ0v) is 14.7. The van der Waals surface area contributed by atoms with Gasteiger partial charge in [0.05, 0.1) is 0 Å². The molecule has 0 fully saturated rings. The Bertz CT molecular complexity index is 906. The third-order valence-electron chi connectivity index (χ3n) is 4.19. The number of guanidine groups is 1. The number of likely N-dealkylation sites (N-methyl/N-ethyl adjacent to an activating group) is 1. The van der Waals surface area contributed by atoms with Crippen molar-refractivity contribution >= 4 is 23.5 Å². The Kier molecular flexibility index (Phi) is 4.53. The first-order valence-electron chi connectivity index (χ1n) is 7.57. The van der Waals surface area contributed by atoms with Crippen LogP contribution >= 0.6 is 11.6 Å². The number of halogens is 3. The molecule has 2 heterocycles. The van der Waals surface area contributed by atoms with Gasteiger partial charge in [0.25, 0.3) is 5.91 Å². The van der Waals surface area contributed by atoms with Crippen LogP contribution in [0.2, 0.25) is 5.15 Å². The Hall–Kier alpha value is -2.74. The molecule has 0 aliphatic carbocycles. The SMILES string of the molecule is Cc1cc(C2(c3ccnc(Cl)c3)N=C(N)N(C)C2=O)ccc1OC(F)F. The van der Waals surface area contributed by atoms with E-state index in [-0.39, 0.29) is 22.8 Å². The fourth-order valence-corrected chi connectivity index (χ4v) is 3.09. The van der Waals surface area contributed by atoms with Crippen molar-refractivity contribution in [3.8, 4) is 5.75 Å². The van der Waals surface area contributed by atoms with Gasteiger partial charge in [0, 0.05) is 13.2 Å². The lowest BCUT2D eigenvalue weighted by atomic mass is 9.82. The number of carbonyl (C=O) groups is 1. The zero-order chi connectivity index (χ0) is 19.1. The molecule has 0 saturated carbocycles. The van der Waals surface area contributed by atoms with Crippen LogP contribution in [-0.4, -0.2) is 35.4 Å². The van der Waals surface area contributed by atoms with E-state index in [2.05, 4.69) is 14.7 Å². The number of pyridine rings is 1. The molecule has 1 aromatic carbocycles. The molecule has 0 spiro atoms. The van der Waals surface area contributed by atoms with Gasteiger partial charge in [-0.25, -0.2) is 9.98 Å². The van der Waals surface area contributed by atoms with Gasteiger partial charge in [-0.05, 0) is 47.9 Å². The second-order valence-electron chi connectivity index (χ2n) is 5.77. The Labute approximate surface area is 153 Å². The van der Waals surface area contributed by atoms with Crippen molar-refractivity contribution in [1.82, 2.24) is 9.88 Å². The Morgan fingerprint density at radius 3 is 2.50 bits per heavy atom. The number of ether oxygens (including phenoxy) is 1. The van der Waals surface area contributed by atoms with Crippen LogP contribution in [0.1, 0.15) is 16.7 Å². The van der Waals surface area contributed by atoms with Crippen LogP contribution < -0.4 is 10.5 Å². The van der Waals surface area contributed by atoms with E-state index in [1.54, 1.807) is 19.1 Å². The van der Waals surface area contributed by atoms with E-state index in [1.807, 2.05) is 0 Å². The van der Waals surface area contributed by atoms with Gasteiger partial charge < -0.3 is 10.5 Å². The largest absolute Gasteiger partial charge is 0.435 e. The van der Waals surface area contributed by atoms with Crippen molar-refractivity contribution in [1.29, 1.82) is 0 Å². The van der Waals surface area contributed by atoms with E-state index in [0.717, 1.165) is 0 Å². The molecule has 1 atom stereocenters. The molecule has 6 nitrogen and oxygen atoms in total. The van der Waals surface area contributed by atoms with E-state index < -0.39 is 12.2 Å². The molecule has 0 radical (unpaired) electrons. The fourth-order valence-electron chi connectivity index (χ4n) is 2.91. The normalized spacial score (nSPS) is 19.8. The molecule has 1 aliphatic heterocycles. The molecule has 9 heteroatoms. The topological polar surface area (TPSA) is 80.8 Å². The average Bonchev–Trinajstić information content (AvgIpc) is 2.81. The average molecular weight is 381 g/mol. The Balaban J connectivity index is 2.21. The number of amides is 1. The van der Waals surface area contributed by atoms with Crippen molar-refractivity contribution in [2.45, 2.75) is 19.1 Å². The summed E-state index contributed by atoms with van der Waals surface area (Å²) in [6.07, 6.45) is 1.46. The monoisotopic (exact) mass is 380 g/mol. The van der Waals surface area contributed by atoms with Gasteiger partial charge in [0.1, 0.15) is 10.9 Å². The number of alkyl halides is 2. The third kappa shape index (κ3) is 2.86. The number of aryl methyl sites for hydroxylation is 1. The number of aromatic nitrogens is 1. The summed E-state index contributed by atoms with van der Waals surface area (Å²) < 4.78 is 29.5.